The number of ketones is 1. The van der Waals surface area contributed by atoms with Crippen LogP contribution in [0.4, 0.5) is 0 Å². The van der Waals surface area contributed by atoms with Crippen molar-refractivity contribution in [3.05, 3.63) is 11.9 Å². The maximum absolute atomic E-state index is 12.4. The number of rotatable bonds is 5. The molecule has 1 aliphatic heterocycles. The first-order valence-electron chi connectivity index (χ1n) is 6.69. The number of hydrogen-bond acceptors (Lipinski definition) is 5. The van der Waals surface area contributed by atoms with E-state index in [1.54, 1.807) is 4.68 Å². The van der Waals surface area contributed by atoms with Gasteiger partial charge in [0, 0.05) is 12.5 Å². The fraction of sp³-hybridized carbons (Fsp3) is 0.692. The molecule has 0 amide bonds. The summed E-state index contributed by atoms with van der Waals surface area (Å²) in [5, 5.41) is 4.16. The predicted molar refractivity (Wildman–Crippen MR) is 74.9 cm³/mol. The van der Waals surface area contributed by atoms with Crippen LogP contribution >= 0.6 is 0 Å². The number of sulfone groups is 1. The van der Waals surface area contributed by atoms with Crippen LogP contribution in [0.1, 0.15) is 43.2 Å². The zero-order chi connectivity index (χ0) is 14.9. The smallest absolute Gasteiger partial charge is 0.184 e. The number of aromatic nitrogens is 2. The lowest BCUT2D eigenvalue weighted by Crippen LogP contribution is -2.17. The van der Waals surface area contributed by atoms with Crippen molar-refractivity contribution in [1.29, 1.82) is 0 Å². The Kier molecular flexibility index (Phi) is 4.17. The largest absolute Gasteiger partial charge is 0.493 e. The zero-order valence-electron chi connectivity index (χ0n) is 12.0. The molecule has 0 aromatic carbocycles. The quantitative estimate of drug-likeness (QED) is 0.770. The van der Waals surface area contributed by atoms with E-state index >= 15 is 0 Å². The molecule has 1 aromatic heterocycles. The average molecular weight is 300 g/mol. The maximum atomic E-state index is 12.4. The second kappa shape index (κ2) is 5.55. The standard InChI is InChI=1S/C13H20N2O4S/c1-9(2)15-13(12(19-3)7-14-15)11(16)6-10-4-5-20(17,18)8-10/h7,9-10H,4-6,8H2,1-3H3. The van der Waals surface area contributed by atoms with Gasteiger partial charge in [0.1, 0.15) is 5.69 Å². The van der Waals surface area contributed by atoms with Crippen molar-refractivity contribution in [2.24, 2.45) is 5.92 Å². The average Bonchev–Trinajstić information content (AvgIpc) is 2.92. The van der Waals surface area contributed by atoms with Crippen LogP contribution in [0.3, 0.4) is 0 Å². The summed E-state index contributed by atoms with van der Waals surface area (Å²) in [5.41, 5.74) is 0.437. The molecular weight excluding hydrogens is 280 g/mol. The summed E-state index contributed by atoms with van der Waals surface area (Å²) in [4.78, 5) is 12.4. The van der Waals surface area contributed by atoms with Crippen molar-refractivity contribution in [3.63, 3.8) is 0 Å². The topological polar surface area (TPSA) is 78.3 Å². The van der Waals surface area contributed by atoms with Crippen LogP contribution in [0.25, 0.3) is 0 Å². The number of Topliss-reactive ketones (excluding diaryl/α,β-unsaturated/α-hetero) is 1. The van der Waals surface area contributed by atoms with Gasteiger partial charge in [-0.25, -0.2) is 8.42 Å². The summed E-state index contributed by atoms with van der Waals surface area (Å²) in [7, 11) is -1.46. The van der Waals surface area contributed by atoms with Gasteiger partial charge in [0.25, 0.3) is 0 Å². The Morgan fingerprint density at radius 1 is 1.55 bits per heavy atom. The molecule has 1 aliphatic rings. The van der Waals surface area contributed by atoms with Gasteiger partial charge in [-0.15, -0.1) is 0 Å². The minimum absolute atomic E-state index is 0.0464. The van der Waals surface area contributed by atoms with Crippen LogP contribution in [0.2, 0.25) is 0 Å². The first-order chi connectivity index (χ1) is 9.34. The fourth-order valence-electron chi connectivity index (χ4n) is 2.54. The molecule has 0 saturated carbocycles. The fourth-order valence-corrected chi connectivity index (χ4v) is 4.41. The van der Waals surface area contributed by atoms with E-state index in [2.05, 4.69) is 5.10 Å². The van der Waals surface area contributed by atoms with Gasteiger partial charge in [-0.05, 0) is 26.2 Å². The first-order valence-corrected chi connectivity index (χ1v) is 8.51. The Morgan fingerprint density at radius 2 is 2.25 bits per heavy atom. The highest BCUT2D eigenvalue weighted by Crippen LogP contribution is 2.27. The summed E-state index contributed by atoms with van der Waals surface area (Å²) in [5.74, 6) is 0.551. The van der Waals surface area contributed by atoms with E-state index in [-0.39, 0.29) is 35.7 Å². The molecular formula is C13H20N2O4S. The normalized spacial score (nSPS) is 21.3. The SMILES string of the molecule is COc1cnn(C(C)C)c1C(=O)CC1CCS(=O)(=O)C1. The first kappa shape index (κ1) is 15.0. The lowest BCUT2D eigenvalue weighted by molar-refractivity contribution is 0.0950. The Bertz CT molecular complexity index is 604. The molecule has 0 aliphatic carbocycles. The van der Waals surface area contributed by atoms with Crippen LogP contribution in [-0.2, 0) is 9.84 Å². The lowest BCUT2D eigenvalue weighted by Gasteiger charge is -2.13. The molecule has 7 heteroatoms. The monoisotopic (exact) mass is 300 g/mol. The number of hydrogen-bond donors (Lipinski definition) is 0. The third kappa shape index (κ3) is 3.03. The molecule has 2 heterocycles. The molecule has 0 radical (unpaired) electrons. The van der Waals surface area contributed by atoms with Crippen molar-refractivity contribution < 1.29 is 17.9 Å². The summed E-state index contributed by atoms with van der Waals surface area (Å²) in [6.45, 7) is 3.87. The molecule has 1 aromatic rings. The lowest BCUT2D eigenvalue weighted by atomic mass is 10.00. The molecule has 2 rings (SSSR count). The summed E-state index contributed by atoms with van der Waals surface area (Å²) in [6.07, 6.45) is 2.32. The number of carbonyl (C=O) groups is 1. The Morgan fingerprint density at radius 3 is 2.75 bits per heavy atom. The van der Waals surface area contributed by atoms with Crippen molar-refractivity contribution in [2.75, 3.05) is 18.6 Å². The van der Waals surface area contributed by atoms with Gasteiger partial charge in [0.15, 0.2) is 21.4 Å². The van der Waals surface area contributed by atoms with E-state index in [1.807, 2.05) is 13.8 Å². The van der Waals surface area contributed by atoms with E-state index < -0.39 is 9.84 Å². The van der Waals surface area contributed by atoms with Crippen molar-refractivity contribution >= 4 is 15.6 Å². The Hall–Kier alpha value is -1.37. The molecule has 20 heavy (non-hydrogen) atoms. The molecule has 0 bridgehead atoms. The number of methoxy groups -OCH3 is 1. The van der Waals surface area contributed by atoms with Crippen molar-refractivity contribution in [2.45, 2.75) is 32.7 Å². The Labute approximate surface area is 119 Å². The van der Waals surface area contributed by atoms with Gasteiger partial charge >= 0.3 is 0 Å². The molecule has 0 N–H and O–H groups in total. The third-order valence-electron chi connectivity index (χ3n) is 3.54. The third-order valence-corrected chi connectivity index (χ3v) is 5.37. The highest BCUT2D eigenvalue weighted by atomic mass is 32.2. The molecule has 1 unspecified atom stereocenters. The Balaban J connectivity index is 2.19. The maximum Gasteiger partial charge on any atom is 0.184 e. The number of nitrogens with zero attached hydrogens (tertiary/aromatic N) is 2. The second-order valence-electron chi connectivity index (χ2n) is 5.50. The highest BCUT2D eigenvalue weighted by Gasteiger charge is 2.31. The predicted octanol–water partition coefficient (Wildman–Crippen LogP) is 1.48. The molecule has 0 spiro atoms. The van der Waals surface area contributed by atoms with Crippen LogP contribution < -0.4 is 4.74 Å². The molecule has 1 fully saturated rings. The van der Waals surface area contributed by atoms with Gasteiger partial charge in [-0.3, -0.25) is 9.48 Å². The van der Waals surface area contributed by atoms with E-state index in [0.717, 1.165) is 0 Å². The highest BCUT2D eigenvalue weighted by molar-refractivity contribution is 7.91. The summed E-state index contributed by atoms with van der Waals surface area (Å²) in [6, 6.07) is 0.0464. The molecule has 1 atom stereocenters. The van der Waals surface area contributed by atoms with Gasteiger partial charge in [-0.1, -0.05) is 0 Å². The minimum atomic E-state index is -2.96. The van der Waals surface area contributed by atoms with Gasteiger partial charge in [0.2, 0.25) is 0 Å². The summed E-state index contributed by atoms with van der Waals surface area (Å²) < 4.78 is 29.7. The minimum Gasteiger partial charge on any atom is -0.493 e. The van der Waals surface area contributed by atoms with E-state index in [1.165, 1.54) is 13.3 Å². The number of carbonyl (C=O) groups excluding carboxylic acids is 1. The molecule has 112 valence electrons. The van der Waals surface area contributed by atoms with E-state index in [9.17, 15) is 13.2 Å². The van der Waals surface area contributed by atoms with Crippen molar-refractivity contribution in [3.8, 4) is 5.75 Å². The van der Waals surface area contributed by atoms with E-state index in [0.29, 0.717) is 17.9 Å². The summed E-state index contributed by atoms with van der Waals surface area (Å²) >= 11 is 0. The second-order valence-corrected chi connectivity index (χ2v) is 7.72. The van der Waals surface area contributed by atoms with Crippen LogP contribution in [0.15, 0.2) is 6.20 Å². The molecule has 6 nitrogen and oxygen atoms in total. The van der Waals surface area contributed by atoms with Gasteiger partial charge < -0.3 is 4.74 Å². The van der Waals surface area contributed by atoms with Crippen LogP contribution in [0, 0.1) is 5.92 Å². The number of ether oxygens (including phenoxy) is 1. The van der Waals surface area contributed by atoms with Crippen LogP contribution in [0.5, 0.6) is 5.75 Å². The van der Waals surface area contributed by atoms with E-state index in [4.69, 9.17) is 4.74 Å². The van der Waals surface area contributed by atoms with Gasteiger partial charge in [-0.2, -0.15) is 5.10 Å². The molecule has 1 saturated heterocycles. The van der Waals surface area contributed by atoms with Crippen LogP contribution in [-0.4, -0.2) is 42.6 Å². The zero-order valence-corrected chi connectivity index (χ0v) is 12.8. The van der Waals surface area contributed by atoms with Crippen molar-refractivity contribution in [1.82, 2.24) is 9.78 Å². The van der Waals surface area contributed by atoms with Gasteiger partial charge in [0.05, 0.1) is 24.8 Å².